The van der Waals surface area contributed by atoms with Crippen molar-refractivity contribution in [3.8, 4) is 12.3 Å². The minimum absolute atomic E-state index is 0.629. The van der Waals surface area contributed by atoms with Gasteiger partial charge in [0.15, 0.2) is 11.6 Å². The van der Waals surface area contributed by atoms with Gasteiger partial charge in [-0.15, -0.1) is 24.1 Å². The Bertz CT molecular complexity index is 328. The smallest absolute Gasteiger partial charge is 0.159 e. The fourth-order valence-electron chi connectivity index (χ4n) is 0.794. The quantitative estimate of drug-likeness (QED) is 0.408. The van der Waals surface area contributed by atoms with E-state index >= 15 is 0 Å². The number of hydrogen-bond acceptors (Lipinski definition) is 1. The van der Waals surface area contributed by atoms with Crippen molar-refractivity contribution in [2.75, 3.05) is 5.75 Å². The number of benzene rings is 1. The first-order valence-electron chi connectivity index (χ1n) is 3.75. The van der Waals surface area contributed by atoms with Crippen LogP contribution >= 0.6 is 11.8 Å². The number of thioether (sulfide) groups is 1. The maximum absolute atomic E-state index is 12.7. The molecule has 0 saturated heterocycles. The third-order valence-corrected chi connectivity index (χ3v) is 2.40. The van der Waals surface area contributed by atoms with Gasteiger partial charge in [-0.2, -0.15) is 0 Å². The summed E-state index contributed by atoms with van der Waals surface area (Å²) in [5, 5.41) is 0. The van der Waals surface area contributed by atoms with E-state index in [1.807, 2.05) is 0 Å². The summed E-state index contributed by atoms with van der Waals surface area (Å²) in [6, 6.07) is 3.84. The molecular weight excluding hydrogens is 190 g/mol. The molecule has 0 bridgehead atoms. The molecule has 0 atom stereocenters. The molecule has 0 amide bonds. The highest BCUT2D eigenvalue weighted by Crippen LogP contribution is 2.20. The third-order valence-electron chi connectivity index (χ3n) is 1.41. The Morgan fingerprint density at radius 2 is 2.08 bits per heavy atom. The van der Waals surface area contributed by atoms with Gasteiger partial charge in [0.1, 0.15) is 0 Å². The molecule has 0 N–H and O–H groups in total. The normalized spacial score (nSPS) is 9.62. The molecule has 13 heavy (non-hydrogen) atoms. The summed E-state index contributed by atoms with van der Waals surface area (Å²) in [4.78, 5) is 0.703. The van der Waals surface area contributed by atoms with Crippen LogP contribution in [0.25, 0.3) is 0 Å². The van der Waals surface area contributed by atoms with E-state index in [4.69, 9.17) is 6.42 Å². The highest BCUT2D eigenvalue weighted by molar-refractivity contribution is 7.99. The summed E-state index contributed by atoms with van der Waals surface area (Å²) in [6.07, 6.45) is 5.68. The average Bonchev–Trinajstić information content (AvgIpc) is 2.12. The summed E-state index contributed by atoms with van der Waals surface area (Å²) in [5.41, 5.74) is 0. The SMILES string of the molecule is C#CCCSc1ccc(F)c(F)c1. The van der Waals surface area contributed by atoms with Crippen molar-refractivity contribution in [2.45, 2.75) is 11.3 Å². The van der Waals surface area contributed by atoms with Crippen LogP contribution in [0.1, 0.15) is 6.42 Å². The van der Waals surface area contributed by atoms with Crippen molar-refractivity contribution < 1.29 is 8.78 Å². The van der Waals surface area contributed by atoms with Crippen LogP contribution in [0, 0.1) is 24.0 Å². The molecule has 1 rings (SSSR count). The van der Waals surface area contributed by atoms with E-state index in [2.05, 4.69) is 5.92 Å². The van der Waals surface area contributed by atoms with Gasteiger partial charge in [0.25, 0.3) is 0 Å². The highest BCUT2D eigenvalue weighted by Gasteiger charge is 2.01. The number of hydrogen-bond donors (Lipinski definition) is 0. The van der Waals surface area contributed by atoms with Crippen molar-refractivity contribution in [2.24, 2.45) is 0 Å². The number of rotatable bonds is 3. The first-order chi connectivity index (χ1) is 6.24. The van der Waals surface area contributed by atoms with E-state index in [9.17, 15) is 8.78 Å². The largest absolute Gasteiger partial charge is 0.204 e. The summed E-state index contributed by atoms with van der Waals surface area (Å²) in [6.45, 7) is 0. The molecule has 0 aromatic heterocycles. The van der Waals surface area contributed by atoms with Gasteiger partial charge in [0.2, 0.25) is 0 Å². The third kappa shape index (κ3) is 3.08. The highest BCUT2D eigenvalue weighted by atomic mass is 32.2. The van der Waals surface area contributed by atoms with E-state index in [1.165, 1.54) is 17.8 Å². The molecule has 0 fully saturated rings. The fraction of sp³-hybridized carbons (Fsp3) is 0.200. The van der Waals surface area contributed by atoms with Crippen molar-refractivity contribution in [3.63, 3.8) is 0 Å². The van der Waals surface area contributed by atoms with Crippen molar-refractivity contribution in [1.29, 1.82) is 0 Å². The van der Waals surface area contributed by atoms with Crippen LogP contribution in [0.3, 0.4) is 0 Å². The first kappa shape index (κ1) is 10.1. The Morgan fingerprint density at radius 3 is 2.69 bits per heavy atom. The van der Waals surface area contributed by atoms with Crippen molar-refractivity contribution in [1.82, 2.24) is 0 Å². The standard InChI is InChI=1S/C10H8F2S/c1-2-3-6-13-8-4-5-9(11)10(12)7-8/h1,4-5,7H,3,6H2. The molecule has 0 aliphatic heterocycles. The number of halogens is 2. The summed E-state index contributed by atoms with van der Waals surface area (Å²) in [7, 11) is 0. The predicted molar refractivity (Wildman–Crippen MR) is 50.5 cm³/mol. The molecule has 1 aromatic rings. The molecule has 1 aromatic carbocycles. The molecule has 68 valence electrons. The topological polar surface area (TPSA) is 0 Å². The minimum atomic E-state index is -0.818. The second-order valence-electron chi connectivity index (χ2n) is 2.38. The Morgan fingerprint density at radius 1 is 1.31 bits per heavy atom. The Balaban J connectivity index is 2.59. The maximum Gasteiger partial charge on any atom is 0.159 e. The monoisotopic (exact) mass is 198 g/mol. The van der Waals surface area contributed by atoms with Crippen LogP contribution in [0.4, 0.5) is 8.78 Å². The zero-order valence-corrected chi connectivity index (χ0v) is 7.70. The zero-order valence-electron chi connectivity index (χ0n) is 6.89. The molecule has 3 heteroatoms. The Hall–Kier alpha value is -1.01. The summed E-state index contributed by atoms with van der Waals surface area (Å²) >= 11 is 1.42. The average molecular weight is 198 g/mol. The van der Waals surface area contributed by atoms with E-state index in [0.717, 1.165) is 11.8 Å². The zero-order chi connectivity index (χ0) is 9.68. The van der Waals surface area contributed by atoms with Gasteiger partial charge in [-0.05, 0) is 18.2 Å². The van der Waals surface area contributed by atoms with Crippen LogP contribution in [0.15, 0.2) is 23.1 Å². The van der Waals surface area contributed by atoms with Crippen LogP contribution < -0.4 is 0 Å². The van der Waals surface area contributed by atoms with Gasteiger partial charge in [0.05, 0.1) is 0 Å². The van der Waals surface area contributed by atoms with Gasteiger partial charge >= 0.3 is 0 Å². The minimum Gasteiger partial charge on any atom is -0.204 e. The molecule has 0 saturated carbocycles. The molecule has 0 spiro atoms. The van der Waals surface area contributed by atoms with Crippen molar-refractivity contribution >= 4 is 11.8 Å². The molecular formula is C10H8F2S. The second kappa shape index (κ2) is 4.88. The molecule has 0 aliphatic carbocycles. The van der Waals surface area contributed by atoms with Crippen LogP contribution in [0.2, 0.25) is 0 Å². The molecule has 0 aliphatic rings. The van der Waals surface area contributed by atoms with E-state index in [1.54, 1.807) is 6.07 Å². The van der Waals surface area contributed by atoms with Gasteiger partial charge in [-0.1, -0.05) is 0 Å². The summed E-state index contributed by atoms with van der Waals surface area (Å²) < 4.78 is 25.1. The summed E-state index contributed by atoms with van der Waals surface area (Å²) in [5.74, 6) is 1.57. The van der Waals surface area contributed by atoms with E-state index < -0.39 is 11.6 Å². The fourth-order valence-corrected chi connectivity index (χ4v) is 1.60. The molecule has 0 nitrogen and oxygen atoms in total. The first-order valence-corrected chi connectivity index (χ1v) is 4.74. The lowest BCUT2D eigenvalue weighted by Crippen LogP contribution is -1.84. The maximum atomic E-state index is 12.7. The van der Waals surface area contributed by atoms with Gasteiger partial charge in [-0.3, -0.25) is 0 Å². The lowest BCUT2D eigenvalue weighted by molar-refractivity contribution is 0.506. The second-order valence-corrected chi connectivity index (χ2v) is 3.55. The van der Waals surface area contributed by atoms with Gasteiger partial charge in [-0.25, -0.2) is 8.78 Å². The van der Waals surface area contributed by atoms with Gasteiger partial charge in [0, 0.05) is 17.1 Å². The van der Waals surface area contributed by atoms with E-state index in [0.29, 0.717) is 11.3 Å². The van der Waals surface area contributed by atoms with Crippen LogP contribution in [-0.2, 0) is 0 Å². The lowest BCUT2D eigenvalue weighted by atomic mass is 10.3. The van der Waals surface area contributed by atoms with Crippen LogP contribution in [-0.4, -0.2) is 5.75 Å². The Labute approximate surface area is 80.3 Å². The Kier molecular flexibility index (Phi) is 3.78. The molecule has 0 unspecified atom stereocenters. The predicted octanol–water partition coefficient (Wildman–Crippen LogP) is 3.08. The molecule has 0 radical (unpaired) electrons. The van der Waals surface area contributed by atoms with Crippen LogP contribution in [0.5, 0.6) is 0 Å². The number of terminal acetylenes is 1. The lowest BCUT2D eigenvalue weighted by Gasteiger charge is -1.99. The van der Waals surface area contributed by atoms with Crippen molar-refractivity contribution in [3.05, 3.63) is 29.8 Å². The van der Waals surface area contributed by atoms with Gasteiger partial charge < -0.3 is 0 Å². The van der Waals surface area contributed by atoms with E-state index in [-0.39, 0.29) is 0 Å². The molecule has 0 heterocycles.